The van der Waals surface area contributed by atoms with Crippen molar-refractivity contribution >= 4 is 29.3 Å². The Balaban J connectivity index is 3.18. The number of halogens is 1. The predicted octanol–water partition coefficient (Wildman–Crippen LogP) is 4.94. The minimum atomic E-state index is -0.665. The molecule has 2 nitrogen and oxygen atoms in total. The van der Waals surface area contributed by atoms with Crippen LogP contribution in [-0.2, 0) is 4.79 Å². The van der Waals surface area contributed by atoms with Gasteiger partial charge in [-0.15, -0.1) is 11.6 Å². The third kappa shape index (κ3) is 11.2. The molecule has 0 saturated carbocycles. The summed E-state index contributed by atoms with van der Waals surface area (Å²) in [7, 11) is 0. The Labute approximate surface area is 121 Å². The number of aliphatic carboxylic acids is 1. The zero-order valence-electron chi connectivity index (χ0n) is 11.5. The Morgan fingerprint density at radius 1 is 1.00 bits per heavy atom. The van der Waals surface area contributed by atoms with E-state index in [1.807, 2.05) is 6.26 Å². The molecule has 0 aliphatic rings. The number of carboxylic acids is 1. The maximum Gasteiger partial charge on any atom is 0.316 e. The molecule has 0 spiro atoms. The van der Waals surface area contributed by atoms with E-state index in [1.54, 1.807) is 0 Å². The number of hydrogen-bond acceptors (Lipinski definition) is 2. The van der Waals surface area contributed by atoms with Crippen molar-refractivity contribution in [2.24, 2.45) is 0 Å². The van der Waals surface area contributed by atoms with Crippen molar-refractivity contribution < 1.29 is 9.90 Å². The Hall–Kier alpha value is 0.110. The van der Waals surface area contributed by atoms with E-state index in [2.05, 4.69) is 0 Å². The fraction of sp³-hybridized carbons (Fsp3) is 0.929. The smallest absolute Gasteiger partial charge is 0.316 e. The summed E-state index contributed by atoms with van der Waals surface area (Å²) in [5, 5.41) is 8.68. The molecule has 4 heteroatoms. The van der Waals surface area contributed by atoms with Crippen LogP contribution >= 0.6 is 23.4 Å². The topological polar surface area (TPSA) is 37.3 Å². The lowest BCUT2D eigenvalue weighted by atomic mass is 10.1. The average molecular weight is 295 g/mol. The van der Waals surface area contributed by atoms with Gasteiger partial charge in [0.05, 0.1) is 0 Å². The molecule has 0 aromatic heterocycles. The van der Waals surface area contributed by atoms with Gasteiger partial charge in [-0.3, -0.25) is 4.79 Å². The van der Waals surface area contributed by atoms with E-state index in [1.165, 1.54) is 56.7 Å². The van der Waals surface area contributed by atoms with Gasteiger partial charge in [-0.2, -0.15) is 11.8 Å². The molecule has 1 N–H and O–H groups in total. The first kappa shape index (κ1) is 18.1. The SMILES string of the molecule is CSC(CCCCCCCCCCCCl)C(=O)O. The normalized spacial score (nSPS) is 12.6. The highest BCUT2D eigenvalue weighted by Gasteiger charge is 2.14. The number of thioether (sulfide) groups is 1. The molecular formula is C14H27ClO2S. The minimum absolute atomic E-state index is 0.208. The van der Waals surface area contributed by atoms with Gasteiger partial charge in [0, 0.05) is 5.88 Å². The van der Waals surface area contributed by atoms with Crippen molar-refractivity contribution in [1.82, 2.24) is 0 Å². The maximum atomic E-state index is 10.8. The van der Waals surface area contributed by atoms with Gasteiger partial charge < -0.3 is 5.11 Å². The van der Waals surface area contributed by atoms with Crippen LogP contribution in [-0.4, -0.2) is 28.5 Å². The molecule has 0 radical (unpaired) electrons. The van der Waals surface area contributed by atoms with E-state index in [-0.39, 0.29) is 5.25 Å². The van der Waals surface area contributed by atoms with Crippen LogP contribution in [0.1, 0.15) is 64.2 Å². The van der Waals surface area contributed by atoms with Crippen LogP contribution in [0.5, 0.6) is 0 Å². The lowest BCUT2D eigenvalue weighted by Gasteiger charge is -2.08. The van der Waals surface area contributed by atoms with Crippen LogP contribution in [0.25, 0.3) is 0 Å². The van der Waals surface area contributed by atoms with Crippen molar-refractivity contribution in [2.75, 3.05) is 12.1 Å². The van der Waals surface area contributed by atoms with Gasteiger partial charge in [0.1, 0.15) is 5.25 Å². The van der Waals surface area contributed by atoms with Gasteiger partial charge in [0.25, 0.3) is 0 Å². The summed E-state index contributed by atoms with van der Waals surface area (Å²) >= 11 is 7.06. The molecule has 0 aromatic rings. The van der Waals surface area contributed by atoms with E-state index < -0.39 is 5.97 Å². The van der Waals surface area contributed by atoms with Gasteiger partial charge in [-0.25, -0.2) is 0 Å². The number of carbonyl (C=O) groups is 1. The summed E-state index contributed by atoms with van der Waals surface area (Å²) in [5.74, 6) is 0.127. The summed E-state index contributed by atoms with van der Waals surface area (Å²) in [5.41, 5.74) is 0. The first-order valence-corrected chi connectivity index (χ1v) is 8.86. The lowest BCUT2D eigenvalue weighted by molar-refractivity contribution is -0.136. The summed E-state index contributed by atoms with van der Waals surface area (Å²) in [6.07, 6.45) is 13.8. The zero-order valence-corrected chi connectivity index (χ0v) is 13.1. The minimum Gasteiger partial charge on any atom is -0.480 e. The Morgan fingerprint density at radius 2 is 1.44 bits per heavy atom. The fourth-order valence-electron chi connectivity index (χ4n) is 2.00. The van der Waals surface area contributed by atoms with Gasteiger partial charge in [0.15, 0.2) is 0 Å². The summed E-state index contributed by atoms with van der Waals surface area (Å²) in [6.45, 7) is 0. The maximum absolute atomic E-state index is 10.8. The fourth-order valence-corrected chi connectivity index (χ4v) is 2.80. The molecule has 0 bridgehead atoms. The summed E-state index contributed by atoms with van der Waals surface area (Å²) in [4.78, 5) is 10.8. The van der Waals surface area contributed by atoms with Crippen molar-refractivity contribution in [3.05, 3.63) is 0 Å². The van der Waals surface area contributed by atoms with Crippen LogP contribution in [0.15, 0.2) is 0 Å². The molecule has 0 amide bonds. The highest BCUT2D eigenvalue weighted by molar-refractivity contribution is 7.99. The third-order valence-corrected chi connectivity index (χ3v) is 4.43. The monoisotopic (exact) mass is 294 g/mol. The second-order valence-corrected chi connectivity index (χ2v) is 6.14. The lowest BCUT2D eigenvalue weighted by Crippen LogP contribution is -2.15. The number of unbranched alkanes of at least 4 members (excludes halogenated alkanes) is 8. The second-order valence-electron chi connectivity index (χ2n) is 4.72. The molecule has 0 heterocycles. The van der Waals surface area contributed by atoms with E-state index >= 15 is 0 Å². The Kier molecular flexibility index (Phi) is 13.6. The third-order valence-electron chi connectivity index (χ3n) is 3.16. The second kappa shape index (κ2) is 13.5. The van der Waals surface area contributed by atoms with Crippen molar-refractivity contribution in [1.29, 1.82) is 0 Å². The predicted molar refractivity (Wildman–Crippen MR) is 81.8 cm³/mol. The van der Waals surface area contributed by atoms with Crippen LogP contribution in [0.2, 0.25) is 0 Å². The number of alkyl halides is 1. The average Bonchev–Trinajstić information content (AvgIpc) is 2.35. The molecule has 18 heavy (non-hydrogen) atoms. The standard InChI is InChI=1S/C14H27ClO2S/c1-18-13(14(16)17)11-9-7-5-3-2-4-6-8-10-12-15/h13H,2-12H2,1H3,(H,16,17). The van der Waals surface area contributed by atoms with Crippen LogP contribution in [0.4, 0.5) is 0 Å². The quantitative estimate of drug-likeness (QED) is 0.386. The van der Waals surface area contributed by atoms with Gasteiger partial charge in [0.2, 0.25) is 0 Å². The molecule has 0 aromatic carbocycles. The molecule has 108 valence electrons. The van der Waals surface area contributed by atoms with E-state index in [9.17, 15) is 4.79 Å². The van der Waals surface area contributed by atoms with Crippen molar-refractivity contribution in [3.63, 3.8) is 0 Å². The summed E-state index contributed by atoms with van der Waals surface area (Å²) < 4.78 is 0. The van der Waals surface area contributed by atoms with Crippen molar-refractivity contribution in [2.45, 2.75) is 69.5 Å². The van der Waals surface area contributed by atoms with E-state index in [4.69, 9.17) is 16.7 Å². The Bertz CT molecular complexity index is 200. The van der Waals surface area contributed by atoms with E-state index in [0.717, 1.165) is 25.1 Å². The number of carboxylic acid groups (broad SMARTS) is 1. The van der Waals surface area contributed by atoms with Crippen LogP contribution in [0.3, 0.4) is 0 Å². The first-order chi connectivity index (χ1) is 8.72. The molecule has 0 aliphatic carbocycles. The molecule has 0 rings (SSSR count). The van der Waals surface area contributed by atoms with Crippen molar-refractivity contribution in [3.8, 4) is 0 Å². The molecule has 0 saturated heterocycles. The molecule has 1 atom stereocenters. The highest BCUT2D eigenvalue weighted by atomic mass is 35.5. The molecule has 1 unspecified atom stereocenters. The van der Waals surface area contributed by atoms with Crippen LogP contribution in [0, 0.1) is 0 Å². The highest BCUT2D eigenvalue weighted by Crippen LogP contribution is 2.17. The van der Waals surface area contributed by atoms with Gasteiger partial charge in [-0.05, 0) is 19.1 Å². The van der Waals surface area contributed by atoms with Gasteiger partial charge in [-0.1, -0.05) is 51.4 Å². The number of rotatable bonds is 13. The largest absolute Gasteiger partial charge is 0.480 e. The molecule has 0 fully saturated rings. The number of hydrogen-bond donors (Lipinski definition) is 1. The zero-order chi connectivity index (χ0) is 13.6. The first-order valence-electron chi connectivity index (χ1n) is 7.04. The van der Waals surface area contributed by atoms with E-state index in [0.29, 0.717) is 0 Å². The van der Waals surface area contributed by atoms with Gasteiger partial charge >= 0.3 is 5.97 Å². The summed E-state index contributed by atoms with van der Waals surface area (Å²) in [6, 6.07) is 0. The molecular weight excluding hydrogens is 268 g/mol. The Morgan fingerprint density at radius 3 is 1.83 bits per heavy atom. The molecule has 0 aliphatic heterocycles. The van der Waals surface area contributed by atoms with Crippen LogP contribution < -0.4 is 0 Å².